The van der Waals surface area contributed by atoms with Gasteiger partial charge in [-0.1, -0.05) is 12.2 Å². The summed E-state index contributed by atoms with van der Waals surface area (Å²) in [6.07, 6.45) is 3.26. The van der Waals surface area contributed by atoms with Gasteiger partial charge in [0.1, 0.15) is 4.64 Å². The first kappa shape index (κ1) is 15.5. The van der Waals surface area contributed by atoms with E-state index >= 15 is 0 Å². The van der Waals surface area contributed by atoms with Crippen LogP contribution in [-0.2, 0) is 10.0 Å². The molecule has 0 saturated heterocycles. The Balaban J connectivity index is 0.000000200. The SMILES string of the molecule is Cc1cc[nH]c(=S)c1.Cc1ccnc(S(N)(=O)=O)c1. The van der Waals surface area contributed by atoms with Crippen molar-refractivity contribution in [2.45, 2.75) is 18.9 Å². The molecule has 0 aliphatic rings. The summed E-state index contributed by atoms with van der Waals surface area (Å²) in [5.74, 6) is 0. The lowest BCUT2D eigenvalue weighted by Crippen LogP contribution is -2.13. The van der Waals surface area contributed by atoms with Gasteiger partial charge in [-0.05, 0) is 49.2 Å². The van der Waals surface area contributed by atoms with E-state index in [1.807, 2.05) is 25.3 Å². The van der Waals surface area contributed by atoms with Gasteiger partial charge >= 0.3 is 0 Å². The number of hydrogen-bond acceptors (Lipinski definition) is 4. The van der Waals surface area contributed by atoms with Gasteiger partial charge < -0.3 is 4.98 Å². The summed E-state index contributed by atoms with van der Waals surface area (Å²) in [7, 11) is -3.64. The molecule has 2 aromatic rings. The molecule has 0 radical (unpaired) electrons. The van der Waals surface area contributed by atoms with Crippen molar-refractivity contribution in [2.24, 2.45) is 5.14 Å². The van der Waals surface area contributed by atoms with Crippen molar-refractivity contribution in [3.63, 3.8) is 0 Å². The third-order valence-electron chi connectivity index (χ3n) is 2.11. The lowest BCUT2D eigenvalue weighted by atomic mass is 10.3. The summed E-state index contributed by atoms with van der Waals surface area (Å²) in [5.41, 5.74) is 2.03. The molecule has 0 fully saturated rings. The molecule has 2 rings (SSSR count). The molecule has 2 heterocycles. The lowest BCUT2D eigenvalue weighted by molar-refractivity contribution is 0.594. The van der Waals surface area contributed by atoms with Crippen molar-refractivity contribution in [2.75, 3.05) is 0 Å². The highest BCUT2D eigenvalue weighted by atomic mass is 32.2. The molecule has 102 valence electrons. The van der Waals surface area contributed by atoms with Crippen LogP contribution in [0.15, 0.2) is 41.7 Å². The fraction of sp³-hybridized carbons (Fsp3) is 0.167. The molecule has 0 aliphatic carbocycles. The Labute approximate surface area is 117 Å². The number of H-pyrrole nitrogens is 1. The molecule has 5 nitrogen and oxygen atoms in total. The van der Waals surface area contributed by atoms with Gasteiger partial charge in [-0.15, -0.1) is 0 Å². The molecule has 19 heavy (non-hydrogen) atoms. The van der Waals surface area contributed by atoms with Crippen molar-refractivity contribution in [3.8, 4) is 0 Å². The number of nitrogens with one attached hydrogen (secondary N) is 1. The second kappa shape index (κ2) is 6.55. The predicted octanol–water partition coefficient (Wildman–Crippen LogP) is 2.09. The quantitative estimate of drug-likeness (QED) is 0.789. The summed E-state index contributed by atoms with van der Waals surface area (Å²) < 4.78 is 22.2. The summed E-state index contributed by atoms with van der Waals surface area (Å²) >= 11 is 4.84. The van der Waals surface area contributed by atoms with Crippen LogP contribution < -0.4 is 5.14 Å². The van der Waals surface area contributed by atoms with Gasteiger partial charge in [0.05, 0.1) is 0 Å². The van der Waals surface area contributed by atoms with Crippen LogP contribution in [0, 0.1) is 18.5 Å². The lowest BCUT2D eigenvalue weighted by Gasteiger charge is -1.96. The first-order valence-corrected chi connectivity index (χ1v) is 7.35. The number of sulfonamides is 1. The summed E-state index contributed by atoms with van der Waals surface area (Å²) in [5, 5.41) is 4.75. The fourth-order valence-corrected chi connectivity index (χ4v) is 2.03. The van der Waals surface area contributed by atoms with Crippen LogP contribution in [0.2, 0.25) is 0 Å². The van der Waals surface area contributed by atoms with Gasteiger partial charge in [0, 0.05) is 12.4 Å². The standard InChI is InChI=1S/C6H8N2O2S.C6H7NS/c1-5-2-3-8-6(4-5)11(7,9)10;1-5-2-3-7-6(8)4-5/h2-4H,1H3,(H2,7,9,10);2-4H,1H3,(H,7,8). The van der Waals surface area contributed by atoms with Crippen LogP contribution in [0.5, 0.6) is 0 Å². The minimum absolute atomic E-state index is 0.0856. The molecule has 0 unspecified atom stereocenters. The molecule has 0 amide bonds. The van der Waals surface area contributed by atoms with E-state index in [9.17, 15) is 8.42 Å². The van der Waals surface area contributed by atoms with E-state index in [0.29, 0.717) is 0 Å². The van der Waals surface area contributed by atoms with Gasteiger partial charge in [-0.2, -0.15) is 0 Å². The van der Waals surface area contributed by atoms with Crippen LogP contribution in [0.25, 0.3) is 0 Å². The molecule has 2 aromatic heterocycles. The average Bonchev–Trinajstić information content (AvgIpc) is 2.28. The molecular weight excluding hydrogens is 282 g/mol. The molecule has 0 aliphatic heterocycles. The number of aryl methyl sites for hydroxylation is 2. The van der Waals surface area contributed by atoms with Crippen LogP contribution in [0.4, 0.5) is 0 Å². The number of hydrogen-bond donors (Lipinski definition) is 2. The van der Waals surface area contributed by atoms with Crippen molar-refractivity contribution in [1.29, 1.82) is 0 Å². The molecule has 0 saturated carbocycles. The average molecular weight is 297 g/mol. The highest BCUT2D eigenvalue weighted by molar-refractivity contribution is 7.89. The van der Waals surface area contributed by atoms with Crippen molar-refractivity contribution in [3.05, 3.63) is 52.4 Å². The van der Waals surface area contributed by atoms with E-state index in [2.05, 4.69) is 9.97 Å². The molecule has 0 aromatic carbocycles. The zero-order chi connectivity index (χ0) is 14.5. The summed E-state index contributed by atoms with van der Waals surface area (Å²) in [6, 6.07) is 7.04. The Bertz CT molecular complexity index is 709. The highest BCUT2D eigenvalue weighted by Gasteiger charge is 2.07. The van der Waals surface area contributed by atoms with E-state index in [0.717, 1.165) is 10.2 Å². The van der Waals surface area contributed by atoms with Gasteiger partial charge in [-0.25, -0.2) is 18.5 Å². The number of primary sulfonamides is 1. The van der Waals surface area contributed by atoms with E-state index < -0.39 is 10.0 Å². The molecule has 0 spiro atoms. The second-order valence-corrected chi connectivity index (χ2v) is 5.89. The smallest absolute Gasteiger partial charge is 0.255 e. The minimum atomic E-state index is -3.64. The van der Waals surface area contributed by atoms with E-state index in [1.165, 1.54) is 17.8 Å². The van der Waals surface area contributed by atoms with Crippen molar-refractivity contribution < 1.29 is 8.42 Å². The third-order valence-corrected chi connectivity index (χ3v) is 3.15. The van der Waals surface area contributed by atoms with Crippen LogP contribution >= 0.6 is 12.2 Å². The predicted molar refractivity (Wildman–Crippen MR) is 76.7 cm³/mol. The second-order valence-electron chi connectivity index (χ2n) is 3.95. The van der Waals surface area contributed by atoms with Crippen molar-refractivity contribution >= 4 is 22.2 Å². The third kappa shape index (κ3) is 5.73. The largest absolute Gasteiger partial charge is 0.353 e. The number of nitrogens with zero attached hydrogens (tertiary/aromatic N) is 1. The minimum Gasteiger partial charge on any atom is -0.353 e. The fourth-order valence-electron chi connectivity index (χ4n) is 1.22. The maximum absolute atomic E-state index is 10.7. The molecule has 7 heteroatoms. The molecule has 3 N–H and O–H groups in total. The van der Waals surface area contributed by atoms with Crippen LogP contribution in [-0.4, -0.2) is 18.4 Å². The van der Waals surface area contributed by atoms with E-state index in [1.54, 1.807) is 13.0 Å². The number of rotatable bonds is 1. The number of aromatic amines is 1. The first-order chi connectivity index (χ1) is 8.79. The Morgan fingerprint density at radius 3 is 2.21 bits per heavy atom. The Hall–Kier alpha value is -1.57. The summed E-state index contributed by atoms with van der Waals surface area (Å²) in [6.45, 7) is 3.79. The van der Waals surface area contributed by atoms with Crippen molar-refractivity contribution in [1.82, 2.24) is 9.97 Å². The number of pyridine rings is 2. The van der Waals surface area contributed by atoms with E-state index in [4.69, 9.17) is 17.4 Å². The zero-order valence-corrected chi connectivity index (χ0v) is 12.3. The van der Waals surface area contributed by atoms with Gasteiger partial charge in [-0.3, -0.25) is 0 Å². The Morgan fingerprint density at radius 2 is 1.84 bits per heavy atom. The normalized spacial score (nSPS) is 10.5. The van der Waals surface area contributed by atoms with Gasteiger partial charge in [0.15, 0.2) is 5.03 Å². The summed E-state index contributed by atoms with van der Waals surface area (Å²) in [4.78, 5) is 6.48. The number of nitrogens with two attached hydrogens (primary N) is 1. The topological polar surface area (TPSA) is 88.8 Å². The monoisotopic (exact) mass is 297 g/mol. The molecular formula is C12H15N3O2S2. The van der Waals surface area contributed by atoms with Crippen LogP contribution in [0.3, 0.4) is 0 Å². The van der Waals surface area contributed by atoms with Gasteiger partial charge in [0.2, 0.25) is 0 Å². The molecule has 0 bridgehead atoms. The highest BCUT2D eigenvalue weighted by Crippen LogP contribution is 2.03. The number of aromatic nitrogens is 2. The Morgan fingerprint density at radius 1 is 1.21 bits per heavy atom. The zero-order valence-electron chi connectivity index (χ0n) is 10.6. The van der Waals surface area contributed by atoms with Gasteiger partial charge in [0.25, 0.3) is 10.0 Å². The Kier molecular flexibility index (Phi) is 5.34. The van der Waals surface area contributed by atoms with E-state index in [-0.39, 0.29) is 5.03 Å². The molecule has 0 atom stereocenters. The van der Waals surface area contributed by atoms with Crippen LogP contribution in [0.1, 0.15) is 11.1 Å². The maximum Gasteiger partial charge on any atom is 0.255 e. The maximum atomic E-state index is 10.7. The first-order valence-electron chi connectivity index (χ1n) is 5.40.